The van der Waals surface area contributed by atoms with Crippen LogP contribution in [0.4, 0.5) is 5.69 Å². The second kappa shape index (κ2) is 7.29. The van der Waals surface area contributed by atoms with Gasteiger partial charge < -0.3 is 4.57 Å². The first-order valence-corrected chi connectivity index (χ1v) is 10.8. The summed E-state index contributed by atoms with van der Waals surface area (Å²) in [6.07, 6.45) is 1.92. The maximum absolute atomic E-state index is 13.6. The van der Waals surface area contributed by atoms with Crippen LogP contribution in [0.2, 0.25) is 5.02 Å². The van der Waals surface area contributed by atoms with E-state index in [0.29, 0.717) is 17.1 Å². The maximum Gasteiger partial charge on any atom is 0.270 e. The number of fused-ring (bicyclic) bond motifs is 1. The van der Waals surface area contributed by atoms with Gasteiger partial charge in [0.1, 0.15) is 0 Å². The van der Waals surface area contributed by atoms with Gasteiger partial charge in [0.2, 0.25) is 10.0 Å². The Hall–Kier alpha value is -2.68. The van der Waals surface area contributed by atoms with E-state index in [0.717, 1.165) is 17.3 Å². The van der Waals surface area contributed by atoms with Crippen molar-refractivity contribution in [1.29, 1.82) is 0 Å². The van der Waals surface area contributed by atoms with Gasteiger partial charge in [0.25, 0.3) is 5.69 Å². The standard InChI is InChI=1S/C20H18ClN3O4S/c1-14-4-9-17(24(25)26)13-19(14)29(27,28)23-12-11-22-10-2-3-18(22)20(23)15-5-7-16(21)8-6-15/h2-10,13,20H,11-12H2,1H3/t20-/m1/s1. The molecule has 29 heavy (non-hydrogen) atoms. The molecule has 1 aromatic heterocycles. The highest BCUT2D eigenvalue weighted by Gasteiger charge is 2.38. The number of rotatable bonds is 4. The van der Waals surface area contributed by atoms with Crippen molar-refractivity contribution >= 4 is 27.3 Å². The molecule has 1 aliphatic rings. The van der Waals surface area contributed by atoms with Crippen LogP contribution in [0.25, 0.3) is 0 Å². The van der Waals surface area contributed by atoms with Crippen LogP contribution in [0.15, 0.2) is 65.7 Å². The Balaban J connectivity index is 1.87. The molecule has 0 bridgehead atoms. The van der Waals surface area contributed by atoms with Gasteiger partial charge in [-0.05, 0) is 42.3 Å². The summed E-state index contributed by atoms with van der Waals surface area (Å²) in [6.45, 7) is 2.39. The first-order valence-electron chi connectivity index (χ1n) is 8.96. The Morgan fingerprint density at radius 1 is 1.10 bits per heavy atom. The molecule has 3 aromatic rings. The van der Waals surface area contributed by atoms with Crippen molar-refractivity contribution in [3.63, 3.8) is 0 Å². The lowest BCUT2D eigenvalue weighted by Crippen LogP contribution is -2.42. The van der Waals surface area contributed by atoms with Gasteiger partial charge >= 0.3 is 0 Å². The highest BCUT2D eigenvalue weighted by atomic mass is 35.5. The van der Waals surface area contributed by atoms with E-state index in [2.05, 4.69) is 0 Å². The molecule has 0 saturated heterocycles. The summed E-state index contributed by atoms with van der Waals surface area (Å²) in [5, 5.41) is 11.8. The number of sulfonamides is 1. The lowest BCUT2D eigenvalue weighted by molar-refractivity contribution is -0.385. The van der Waals surface area contributed by atoms with Gasteiger partial charge in [-0.15, -0.1) is 0 Å². The monoisotopic (exact) mass is 431 g/mol. The highest BCUT2D eigenvalue weighted by Crippen LogP contribution is 2.38. The predicted molar refractivity (Wildman–Crippen MR) is 109 cm³/mol. The molecule has 0 saturated carbocycles. The van der Waals surface area contributed by atoms with Crippen LogP contribution in [-0.2, 0) is 16.6 Å². The maximum atomic E-state index is 13.6. The number of aromatic nitrogens is 1. The molecule has 2 aromatic carbocycles. The summed E-state index contributed by atoms with van der Waals surface area (Å²) in [6, 6.07) is 14.2. The summed E-state index contributed by atoms with van der Waals surface area (Å²) >= 11 is 6.02. The van der Waals surface area contributed by atoms with Gasteiger partial charge in [0.05, 0.1) is 15.9 Å². The number of hydrogen-bond donors (Lipinski definition) is 0. The predicted octanol–water partition coefficient (Wildman–Crippen LogP) is 4.15. The minimum Gasteiger partial charge on any atom is -0.348 e. The SMILES string of the molecule is Cc1ccc([N+](=O)[O-])cc1S(=O)(=O)N1CCn2cccc2[C@H]1c1ccc(Cl)cc1. The van der Waals surface area contributed by atoms with Crippen LogP contribution in [0.5, 0.6) is 0 Å². The Morgan fingerprint density at radius 3 is 2.52 bits per heavy atom. The fraction of sp³-hybridized carbons (Fsp3) is 0.200. The van der Waals surface area contributed by atoms with Gasteiger partial charge in [0.15, 0.2) is 0 Å². The van der Waals surface area contributed by atoms with Crippen LogP contribution in [-0.4, -0.2) is 28.8 Å². The molecule has 1 atom stereocenters. The summed E-state index contributed by atoms with van der Waals surface area (Å²) < 4.78 is 30.7. The fourth-order valence-electron chi connectivity index (χ4n) is 3.71. The molecular formula is C20H18ClN3O4S. The van der Waals surface area contributed by atoms with Crippen LogP contribution in [0, 0.1) is 17.0 Å². The zero-order valence-corrected chi connectivity index (χ0v) is 17.1. The zero-order valence-electron chi connectivity index (χ0n) is 15.5. The van der Waals surface area contributed by atoms with Gasteiger partial charge in [-0.25, -0.2) is 8.42 Å². The molecule has 150 valence electrons. The van der Waals surface area contributed by atoms with Crippen LogP contribution >= 0.6 is 11.6 Å². The number of hydrogen-bond acceptors (Lipinski definition) is 4. The van der Waals surface area contributed by atoms with E-state index in [4.69, 9.17) is 11.6 Å². The molecule has 0 N–H and O–H groups in total. The zero-order chi connectivity index (χ0) is 20.8. The molecule has 0 amide bonds. The van der Waals surface area contributed by atoms with E-state index in [-0.39, 0.29) is 17.1 Å². The second-order valence-corrected chi connectivity index (χ2v) is 9.20. The Labute approximate surface area is 173 Å². The number of halogens is 1. The lowest BCUT2D eigenvalue weighted by atomic mass is 10.0. The van der Waals surface area contributed by atoms with E-state index in [1.807, 2.05) is 22.9 Å². The quantitative estimate of drug-likeness (QED) is 0.458. The van der Waals surface area contributed by atoms with E-state index in [1.54, 1.807) is 31.2 Å². The topological polar surface area (TPSA) is 85.4 Å². The van der Waals surface area contributed by atoms with Crippen molar-refractivity contribution in [1.82, 2.24) is 8.87 Å². The number of nitro groups is 1. The summed E-state index contributed by atoms with van der Waals surface area (Å²) in [5.41, 5.74) is 1.83. The molecule has 9 heteroatoms. The van der Waals surface area contributed by atoms with Gasteiger partial charge in [-0.2, -0.15) is 4.31 Å². The Kier molecular flexibility index (Phi) is 4.94. The molecule has 0 aliphatic carbocycles. The fourth-order valence-corrected chi connectivity index (χ4v) is 5.66. The summed E-state index contributed by atoms with van der Waals surface area (Å²) in [5.74, 6) is 0. The van der Waals surface area contributed by atoms with Crippen molar-refractivity contribution in [3.8, 4) is 0 Å². The number of benzene rings is 2. The van der Waals surface area contributed by atoms with Crippen molar-refractivity contribution in [2.45, 2.75) is 24.4 Å². The number of non-ortho nitro benzene ring substituents is 1. The van der Waals surface area contributed by atoms with Crippen molar-refractivity contribution in [2.75, 3.05) is 6.54 Å². The molecule has 0 unspecified atom stereocenters. The average Bonchev–Trinajstić information content (AvgIpc) is 3.16. The van der Waals surface area contributed by atoms with E-state index >= 15 is 0 Å². The number of nitro benzene ring substituents is 1. The minimum absolute atomic E-state index is 0.0503. The second-order valence-electron chi connectivity index (χ2n) is 6.90. The molecule has 1 aliphatic heterocycles. The van der Waals surface area contributed by atoms with E-state index < -0.39 is 21.0 Å². The van der Waals surface area contributed by atoms with E-state index in [1.165, 1.54) is 16.4 Å². The molecule has 0 spiro atoms. The van der Waals surface area contributed by atoms with Crippen molar-refractivity contribution in [3.05, 3.63) is 92.8 Å². The third-order valence-corrected chi connectivity index (χ3v) is 7.41. The molecular weight excluding hydrogens is 414 g/mol. The molecule has 4 rings (SSSR count). The molecule has 0 fully saturated rings. The molecule has 7 nitrogen and oxygen atoms in total. The highest BCUT2D eigenvalue weighted by molar-refractivity contribution is 7.89. The minimum atomic E-state index is -3.99. The lowest BCUT2D eigenvalue weighted by Gasteiger charge is -2.36. The first kappa shape index (κ1) is 19.6. The van der Waals surface area contributed by atoms with Gasteiger partial charge in [-0.1, -0.05) is 29.8 Å². The third kappa shape index (κ3) is 3.43. The number of aryl methyl sites for hydroxylation is 1. The summed E-state index contributed by atoms with van der Waals surface area (Å²) in [4.78, 5) is 10.6. The molecule has 2 heterocycles. The van der Waals surface area contributed by atoms with Crippen molar-refractivity contribution < 1.29 is 13.3 Å². The summed E-state index contributed by atoms with van der Waals surface area (Å²) in [7, 11) is -3.99. The average molecular weight is 432 g/mol. The van der Waals surface area contributed by atoms with Crippen LogP contribution < -0.4 is 0 Å². The molecule has 0 radical (unpaired) electrons. The Morgan fingerprint density at radius 2 is 1.83 bits per heavy atom. The van der Waals surface area contributed by atoms with E-state index in [9.17, 15) is 18.5 Å². The number of nitrogens with zero attached hydrogens (tertiary/aromatic N) is 3. The van der Waals surface area contributed by atoms with Gasteiger partial charge in [-0.3, -0.25) is 10.1 Å². The van der Waals surface area contributed by atoms with Crippen LogP contribution in [0.3, 0.4) is 0 Å². The normalized spacial score (nSPS) is 17.1. The third-order valence-electron chi connectivity index (χ3n) is 5.15. The smallest absolute Gasteiger partial charge is 0.270 e. The Bertz CT molecular complexity index is 1190. The largest absolute Gasteiger partial charge is 0.348 e. The van der Waals surface area contributed by atoms with Crippen LogP contribution in [0.1, 0.15) is 22.9 Å². The van der Waals surface area contributed by atoms with Crippen molar-refractivity contribution in [2.24, 2.45) is 0 Å². The van der Waals surface area contributed by atoms with Gasteiger partial charge in [0, 0.05) is 42.1 Å². The first-order chi connectivity index (χ1) is 13.8.